The number of furan rings is 1. The number of rotatable bonds is 2. The lowest BCUT2D eigenvalue weighted by Gasteiger charge is -2.34. The van der Waals surface area contributed by atoms with Crippen LogP contribution in [-0.2, 0) is 7.05 Å². The number of hydrogen-bond donors (Lipinski definition) is 0. The van der Waals surface area contributed by atoms with Crippen molar-refractivity contribution in [2.24, 2.45) is 12.5 Å². The van der Waals surface area contributed by atoms with Crippen molar-refractivity contribution in [2.75, 3.05) is 0 Å². The van der Waals surface area contributed by atoms with E-state index >= 15 is 0 Å². The van der Waals surface area contributed by atoms with Crippen LogP contribution in [0.2, 0.25) is 0 Å². The third-order valence-corrected chi connectivity index (χ3v) is 8.76. The Kier molecular flexibility index (Phi) is 4.74. The topological polar surface area (TPSA) is 17.0 Å². The van der Waals surface area contributed by atoms with Crippen LogP contribution in [0.1, 0.15) is 57.9 Å². The van der Waals surface area contributed by atoms with Crippen LogP contribution in [0.5, 0.6) is 0 Å². The van der Waals surface area contributed by atoms with Crippen molar-refractivity contribution in [2.45, 2.75) is 52.3 Å². The first-order chi connectivity index (χ1) is 18.2. The SMILES string of the molecule is [2H]C1(c2cc[n+](C)c(-c3c(C)ccc4c3oc3ccc5c6ccccc6ccc5c34)c2)CCC(C)(C)CC1. The normalized spacial score (nSPS) is 17.6. The van der Waals surface area contributed by atoms with Crippen molar-refractivity contribution >= 4 is 43.5 Å². The van der Waals surface area contributed by atoms with Crippen LogP contribution in [0.25, 0.3) is 54.7 Å². The number of nitrogens with zero attached hydrogens (tertiary/aromatic N) is 1. The number of benzene rings is 4. The average molecular weight is 486 g/mol. The van der Waals surface area contributed by atoms with E-state index in [1.807, 2.05) is 0 Å². The standard InChI is InChI=1S/C35H34NO/c1-22-9-11-29-33-28-12-10-24-7-5-6-8-26(24)27(28)13-14-31(33)37-34(29)32(22)30-21-25(17-20-36(30)4)23-15-18-35(2,3)19-16-23/h5-14,17,20-21,23H,15-16,18-19H2,1-4H3/q+1/i23D. The summed E-state index contributed by atoms with van der Waals surface area (Å²) in [6.07, 6.45) is 6.12. The maximum atomic E-state index is 9.40. The zero-order valence-electron chi connectivity index (χ0n) is 23.2. The Morgan fingerprint density at radius 2 is 1.62 bits per heavy atom. The molecule has 1 aliphatic carbocycles. The number of fused-ring (bicyclic) bond motifs is 7. The third kappa shape index (κ3) is 3.57. The zero-order valence-corrected chi connectivity index (χ0v) is 22.2. The van der Waals surface area contributed by atoms with Gasteiger partial charge in [-0.2, -0.15) is 0 Å². The van der Waals surface area contributed by atoms with Crippen LogP contribution in [-0.4, -0.2) is 0 Å². The molecule has 0 N–H and O–H groups in total. The van der Waals surface area contributed by atoms with Gasteiger partial charge in [0.2, 0.25) is 5.69 Å². The van der Waals surface area contributed by atoms with Crippen LogP contribution in [0.15, 0.2) is 83.4 Å². The van der Waals surface area contributed by atoms with E-state index in [4.69, 9.17) is 4.42 Å². The summed E-state index contributed by atoms with van der Waals surface area (Å²) in [7, 11) is 2.10. The first-order valence-corrected chi connectivity index (χ1v) is 13.5. The molecule has 0 aliphatic heterocycles. The van der Waals surface area contributed by atoms with Gasteiger partial charge < -0.3 is 4.42 Å². The van der Waals surface area contributed by atoms with Crippen LogP contribution in [0.3, 0.4) is 0 Å². The predicted molar refractivity (Wildman–Crippen MR) is 155 cm³/mol. The number of aryl methyl sites for hydroxylation is 2. The minimum atomic E-state index is -0.536. The highest BCUT2D eigenvalue weighted by Crippen LogP contribution is 2.44. The molecule has 2 nitrogen and oxygen atoms in total. The van der Waals surface area contributed by atoms with Gasteiger partial charge >= 0.3 is 0 Å². The van der Waals surface area contributed by atoms with Gasteiger partial charge in [0.25, 0.3) is 0 Å². The molecule has 2 heteroatoms. The Morgan fingerprint density at radius 1 is 0.865 bits per heavy atom. The molecule has 0 spiro atoms. The van der Waals surface area contributed by atoms with E-state index in [-0.39, 0.29) is 0 Å². The van der Waals surface area contributed by atoms with Gasteiger partial charge in [-0.3, -0.25) is 0 Å². The van der Waals surface area contributed by atoms with Gasteiger partial charge in [-0.1, -0.05) is 68.4 Å². The van der Waals surface area contributed by atoms with Crippen LogP contribution in [0, 0.1) is 12.3 Å². The molecule has 6 aromatic rings. The first kappa shape index (κ1) is 21.4. The molecular weight excluding hydrogens is 450 g/mol. The molecule has 37 heavy (non-hydrogen) atoms. The quantitative estimate of drug-likeness (QED) is 0.176. The molecule has 0 radical (unpaired) electrons. The second-order valence-corrected chi connectivity index (χ2v) is 11.7. The van der Waals surface area contributed by atoms with E-state index in [1.54, 1.807) is 0 Å². The zero-order chi connectivity index (χ0) is 26.2. The van der Waals surface area contributed by atoms with E-state index < -0.39 is 5.89 Å². The van der Waals surface area contributed by atoms with E-state index in [1.165, 1.54) is 32.5 Å². The third-order valence-electron chi connectivity index (χ3n) is 8.76. The molecule has 2 aromatic heterocycles. The van der Waals surface area contributed by atoms with Crippen molar-refractivity contribution in [1.29, 1.82) is 0 Å². The Morgan fingerprint density at radius 3 is 2.46 bits per heavy atom. The van der Waals surface area contributed by atoms with Crippen molar-refractivity contribution in [3.8, 4) is 11.3 Å². The van der Waals surface area contributed by atoms with Crippen molar-refractivity contribution < 1.29 is 10.4 Å². The lowest BCUT2D eigenvalue weighted by atomic mass is 9.71. The largest absolute Gasteiger partial charge is 0.455 e. The monoisotopic (exact) mass is 485 g/mol. The van der Waals surface area contributed by atoms with Crippen molar-refractivity contribution in [3.63, 3.8) is 0 Å². The van der Waals surface area contributed by atoms with Gasteiger partial charge in [-0.05, 0) is 82.7 Å². The van der Waals surface area contributed by atoms with Crippen LogP contribution >= 0.6 is 0 Å². The number of pyridine rings is 1. The molecule has 1 fully saturated rings. The molecule has 2 heterocycles. The van der Waals surface area contributed by atoms with E-state index in [0.717, 1.165) is 59.1 Å². The number of hydrogen-bond acceptors (Lipinski definition) is 1. The molecule has 4 aromatic carbocycles. The molecule has 1 saturated carbocycles. The molecule has 0 saturated heterocycles. The van der Waals surface area contributed by atoms with Gasteiger partial charge in [0.1, 0.15) is 18.2 Å². The van der Waals surface area contributed by atoms with Crippen LogP contribution < -0.4 is 4.57 Å². The van der Waals surface area contributed by atoms with Gasteiger partial charge in [-0.25, -0.2) is 4.57 Å². The molecule has 0 amide bonds. The Bertz CT molecular complexity index is 1880. The highest BCUT2D eigenvalue weighted by Gasteiger charge is 2.29. The molecule has 0 bridgehead atoms. The molecule has 0 unspecified atom stereocenters. The highest BCUT2D eigenvalue weighted by molar-refractivity contribution is 6.24. The molecule has 7 rings (SSSR count). The first-order valence-electron chi connectivity index (χ1n) is 14.0. The van der Waals surface area contributed by atoms with E-state index in [0.29, 0.717) is 5.41 Å². The van der Waals surface area contributed by atoms with Crippen molar-refractivity contribution in [3.05, 3.63) is 90.1 Å². The van der Waals surface area contributed by atoms with Gasteiger partial charge in [0.05, 0.1) is 5.56 Å². The average Bonchev–Trinajstić information content (AvgIpc) is 3.30. The summed E-state index contributed by atoms with van der Waals surface area (Å²) in [5.74, 6) is -0.536. The molecule has 1 aliphatic rings. The van der Waals surface area contributed by atoms with Gasteiger partial charge in [-0.15, -0.1) is 0 Å². The molecular formula is C35H34NO+. The summed E-state index contributed by atoms with van der Waals surface area (Å²) < 4.78 is 18.2. The Labute approximate surface area is 219 Å². The maximum Gasteiger partial charge on any atom is 0.216 e. The Balaban J connectivity index is 1.46. The van der Waals surface area contributed by atoms with E-state index in [9.17, 15) is 1.37 Å². The molecule has 184 valence electrons. The predicted octanol–water partition coefficient (Wildman–Crippen LogP) is 9.38. The van der Waals surface area contributed by atoms with Gasteiger partial charge in [0, 0.05) is 24.3 Å². The minimum absolute atomic E-state index is 0.331. The fourth-order valence-electron chi connectivity index (χ4n) is 6.40. The van der Waals surface area contributed by atoms with Crippen molar-refractivity contribution in [1.82, 2.24) is 0 Å². The van der Waals surface area contributed by atoms with Crippen LogP contribution in [0.4, 0.5) is 0 Å². The van der Waals surface area contributed by atoms with E-state index in [2.05, 4.69) is 111 Å². The fraction of sp³-hybridized carbons (Fsp3) is 0.286. The lowest BCUT2D eigenvalue weighted by molar-refractivity contribution is -0.660. The smallest absolute Gasteiger partial charge is 0.216 e. The summed E-state index contributed by atoms with van der Waals surface area (Å²) in [5.41, 5.74) is 6.70. The van der Waals surface area contributed by atoms with Gasteiger partial charge in [0.15, 0.2) is 6.20 Å². The summed E-state index contributed by atoms with van der Waals surface area (Å²) in [5, 5.41) is 7.32. The lowest BCUT2D eigenvalue weighted by Crippen LogP contribution is -2.31. The molecule has 0 atom stereocenters. The summed E-state index contributed by atoms with van der Waals surface area (Å²) >= 11 is 0. The second-order valence-electron chi connectivity index (χ2n) is 11.7. The number of aromatic nitrogens is 1. The summed E-state index contributed by atoms with van der Waals surface area (Å²) in [6.45, 7) is 6.84. The highest BCUT2D eigenvalue weighted by atomic mass is 16.3. The fourth-order valence-corrected chi connectivity index (χ4v) is 6.40. The summed E-state index contributed by atoms with van der Waals surface area (Å²) in [6, 6.07) is 26.2. The minimum Gasteiger partial charge on any atom is -0.455 e. The second kappa shape index (κ2) is 8.18. The Hall–Kier alpha value is -3.65. The maximum absolute atomic E-state index is 9.40. The summed E-state index contributed by atoms with van der Waals surface area (Å²) in [4.78, 5) is 0.